The number of aryl methyl sites for hydroxylation is 1. The maximum atomic E-state index is 5.75. The fourth-order valence-corrected chi connectivity index (χ4v) is 1.98. The zero-order chi connectivity index (χ0) is 13.8. The first-order valence-electron chi connectivity index (χ1n) is 6.78. The second kappa shape index (κ2) is 6.24. The third-order valence-corrected chi connectivity index (χ3v) is 2.89. The van der Waals surface area contributed by atoms with Gasteiger partial charge < -0.3 is 10.1 Å². The molecule has 0 aliphatic rings. The van der Waals surface area contributed by atoms with Crippen LogP contribution in [0, 0.1) is 6.92 Å². The first kappa shape index (κ1) is 15.0. The highest BCUT2D eigenvalue weighted by Gasteiger charge is 2.08. The number of nitrogens with one attached hydrogen (secondary N) is 1. The van der Waals surface area contributed by atoms with Crippen LogP contribution in [0.25, 0.3) is 0 Å². The minimum Gasteiger partial charge on any atom is -0.492 e. The Hall–Kier alpha value is -1.02. The predicted molar refractivity (Wildman–Crippen MR) is 78.5 cm³/mol. The lowest BCUT2D eigenvalue weighted by atomic mass is 9.98. The highest BCUT2D eigenvalue weighted by molar-refractivity contribution is 5.36. The van der Waals surface area contributed by atoms with Gasteiger partial charge in [-0.05, 0) is 56.9 Å². The molecule has 0 spiro atoms. The van der Waals surface area contributed by atoms with E-state index in [4.69, 9.17) is 4.74 Å². The van der Waals surface area contributed by atoms with Gasteiger partial charge in [-0.1, -0.05) is 19.9 Å². The van der Waals surface area contributed by atoms with Crippen molar-refractivity contribution in [2.45, 2.75) is 53.0 Å². The molecule has 18 heavy (non-hydrogen) atoms. The molecule has 0 saturated heterocycles. The second-order valence-corrected chi connectivity index (χ2v) is 6.20. The van der Waals surface area contributed by atoms with Gasteiger partial charge in [0.2, 0.25) is 0 Å². The van der Waals surface area contributed by atoms with Gasteiger partial charge in [0, 0.05) is 12.1 Å². The molecule has 0 amide bonds. The van der Waals surface area contributed by atoms with Crippen LogP contribution in [0.15, 0.2) is 18.2 Å². The predicted octanol–water partition coefficient (Wildman–Crippen LogP) is 3.89. The smallest absolute Gasteiger partial charge is 0.119 e. The summed E-state index contributed by atoms with van der Waals surface area (Å²) in [6.07, 6.45) is 0. The van der Waals surface area contributed by atoms with Gasteiger partial charge in [0.25, 0.3) is 0 Å². The van der Waals surface area contributed by atoms with E-state index >= 15 is 0 Å². The maximum Gasteiger partial charge on any atom is 0.119 e. The molecule has 1 rings (SSSR count). The Balaban J connectivity index is 2.47. The second-order valence-electron chi connectivity index (χ2n) is 6.20. The summed E-state index contributed by atoms with van der Waals surface area (Å²) in [4.78, 5) is 0. The number of rotatable bonds is 5. The number of ether oxygens (including phenoxy) is 1. The van der Waals surface area contributed by atoms with Crippen LogP contribution < -0.4 is 10.1 Å². The van der Waals surface area contributed by atoms with Crippen molar-refractivity contribution in [3.8, 4) is 5.75 Å². The average Bonchev–Trinajstić information content (AvgIpc) is 2.22. The summed E-state index contributed by atoms with van der Waals surface area (Å²) < 4.78 is 5.75. The molecule has 1 aromatic rings. The first-order valence-corrected chi connectivity index (χ1v) is 6.78. The summed E-state index contributed by atoms with van der Waals surface area (Å²) in [5.41, 5.74) is 2.86. The van der Waals surface area contributed by atoms with E-state index in [-0.39, 0.29) is 5.54 Å². The largest absolute Gasteiger partial charge is 0.492 e. The molecular formula is C16H27NO. The molecule has 0 heterocycles. The van der Waals surface area contributed by atoms with Crippen LogP contribution in [-0.2, 0) is 0 Å². The van der Waals surface area contributed by atoms with Crippen LogP contribution in [0.5, 0.6) is 5.75 Å². The Labute approximate surface area is 112 Å². The zero-order valence-corrected chi connectivity index (χ0v) is 12.6. The van der Waals surface area contributed by atoms with E-state index < -0.39 is 0 Å². The molecular weight excluding hydrogens is 222 g/mol. The van der Waals surface area contributed by atoms with Gasteiger partial charge in [0.05, 0.1) is 0 Å². The summed E-state index contributed by atoms with van der Waals surface area (Å²) >= 11 is 0. The topological polar surface area (TPSA) is 21.3 Å². The van der Waals surface area contributed by atoms with E-state index in [0.717, 1.165) is 12.3 Å². The highest BCUT2D eigenvalue weighted by Crippen LogP contribution is 2.23. The molecule has 0 aliphatic heterocycles. The van der Waals surface area contributed by atoms with Crippen LogP contribution in [-0.4, -0.2) is 18.7 Å². The van der Waals surface area contributed by atoms with Crippen molar-refractivity contribution in [3.63, 3.8) is 0 Å². The molecule has 1 N–H and O–H groups in total. The van der Waals surface area contributed by atoms with Gasteiger partial charge in [0.15, 0.2) is 0 Å². The minimum absolute atomic E-state index is 0.154. The Morgan fingerprint density at radius 3 is 2.39 bits per heavy atom. The van der Waals surface area contributed by atoms with E-state index in [0.29, 0.717) is 12.5 Å². The lowest BCUT2D eigenvalue weighted by molar-refractivity contribution is 0.290. The van der Waals surface area contributed by atoms with Crippen molar-refractivity contribution >= 4 is 0 Å². The summed E-state index contributed by atoms with van der Waals surface area (Å²) in [6, 6.07) is 6.37. The molecule has 0 saturated carbocycles. The zero-order valence-electron chi connectivity index (χ0n) is 12.6. The fourth-order valence-electron chi connectivity index (χ4n) is 1.98. The lowest BCUT2D eigenvalue weighted by Crippen LogP contribution is -2.38. The van der Waals surface area contributed by atoms with Gasteiger partial charge in [-0.2, -0.15) is 0 Å². The monoisotopic (exact) mass is 249 g/mol. The summed E-state index contributed by atoms with van der Waals surface area (Å²) in [7, 11) is 0. The van der Waals surface area contributed by atoms with Gasteiger partial charge >= 0.3 is 0 Å². The minimum atomic E-state index is 0.154. The van der Waals surface area contributed by atoms with Crippen LogP contribution in [0.4, 0.5) is 0 Å². The Morgan fingerprint density at radius 1 is 1.22 bits per heavy atom. The van der Waals surface area contributed by atoms with Gasteiger partial charge in [0.1, 0.15) is 12.4 Å². The molecule has 1 aromatic carbocycles. The molecule has 0 aliphatic carbocycles. The molecule has 0 unspecified atom stereocenters. The van der Waals surface area contributed by atoms with Crippen LogP contribution in [0.2, 0.25) is 0 Å². The summed E-state index contributed by atoms with van der Waals surface area (Å²) in [5.74, 6) is 1.54. The van der Waals surface area contributed by atoms with Crippen molar-refractivity contribution in [2.75, 3.05) is 13.2 Å². The SMILES string of the molecule is Cc1cc(OCCNC(C)(C)C)ccc1C(C)C. The van der Waals surface area contributed by atoms with E-state index in [1.54, 1.807) is 0 Å². The van der Waals surface area contributed by atoms with Crippen LogP contribution >= 0.6 is 0 Å². The van der Waals surface area contributed by atoms with E-state index in [2.05, 4.69) is 65.1 Å². The standard InChI is InChI=1S/C16H27NO/c1-12(2)15-8-7-14(11-13(15)3)18-10-9-17-16(4,5)6/h7-8,11-12,17H,9-10H2,1-6H3. The Bertz CT molecular complexity index is 377. The third kappa shape index (κ3) is 5.09. The third-order valence-electron chi connectivity index (χ3n) is 2.89. The van der Waals surface area contributed by atoms with Crippen LogP contribution in [0.1, 0.15) is 51.7 Å². The Kier molecular flexibility index (Phi) is 5.21. The molecule has 0 radical (unpaired) electrons. The maximum absolute atomic E-state index is 5.75. The van der Waals surface area contributed by atoms with Gasteiger partial charge in [-0.25, -0.2) is 0 Å². The van der Waals surface area contributed by atoms with Crippen molar-refractivity contribution in [2.24, 2.45) is 0 Å². The van der Waals surface area contributed by atoms with Crippen molar-refractivity contribution in [1.82, 2.24) is 5.32 Å². The molecule has 0 fully saturated rings. The van der Waals surface area contributed by atoms with Gasteiger partial charge in [-0.3, -0.25) is 0 Å². The van der Waals surface area contributed by atoms with E-state index in [1.165, 1.54) is 11.1 Å². The normalized spacial score (nSPS) is 11.9. The van der Waals surface area contributed by atoms with E-state index in [9.17, 15) is 0 Å². The number of hydrogen-bond donors (Lipinski definition) is 1. The molecule has 2 nitrogen and oxygen atoms in total. The number of hydrogen-bond acceptors (Lipinski definition) is 2. The molecule has 0 aromatic heterocycles. The molecule has 0 atom stereocenters. The van der Waals surface area contributed by atoms with Crippen LogP contribution in [0.3, 0.4) is 0 Å². The van der Waals surface area contributed by atoms with Crippen molar-refractivity contribution in [1.29, 1.82) is 0 Å². The van der Waals surface area contributed by atoms with Crippen molar-refractivity contribution in [3.05, 3.63) is 29.3 Å². The van der Waals surface area contributed by atoms with Crippen molar-refractivity contribution < 1.29 is 4.74 Å². The quantitative estimate of drug-likeness (QED) is 0.799. The van der Waals surface area contributed by atoms with E-state index in [1.807, 2.05) is 0 Å². The fraction of sp³-hybridized carbons (Fsp3) is 0.625. The lowest BCUT2D eigenvalue weighted by Gasteiger charge is -2.20. The highest BCUT2D eigenvalue weighted by atomic mass is 16.5. The first-order chi connectivity index (χ1) is 8.29. The molecule has 102 valence electrons. The summed E-state index contributed by atoms with van der Waals surface area (Å²) in [5, 5.41) is 3.41. The molecule has 0 bridgehead atoms. The summed E-state index contributed by atoms with van der Waals surface area (Å²) in [6.45, 7) is 14.6. The number of benzene rings is 1. The molecule has 2 heteroatoms. The average molecular weight is 249 g/mol. The Morgan fingerprint density at radius 2 is 1.89 bits per heavy atom. The van der Waals surface area contributed by atoms with Gasteiger partial charge in [-0.15, -0.1) is 0 Å².